The number of carbonyl (C=O) groups excluding carboxylic acids is 1. The minimum atomic E-state index is 0.114. The fraction of sp³-hybridized carbons (Fsp3) is 0.625. The van der Waals surface area contributed by atoms with Gasteiger partial charge in [0.1, 0.15) is 0 Å². The Morgan fingerprint density at radius 2 is 2.24 bits per heavy atom. The number of carbonyl (C=O) groups is 1. The zero-order valence-electron chi connectivity index (χ0n) is 13.5. The third-order valence-electron chi connectivity index (χ3n) is 3.83. The van der Waals surface area contributed by atoms with E-state index in [1.807, 2.05) is 36.9 Å². The van der Waals surface area contributed by atoms with Crippen LogP contribution in [-0.2, 0) is 4.79 Å². The van der Waals surface area contributed by atoms with Gasteiger partial charge in [-0.25, -0.2) is 0 Å². The van der Waals surface area contributed by atoms with Crippen LogP contribution in [0.15, 0.2) is 18.2 Å². The number of likely N-dealkylation sites (N-methyl/N-ethyl adjacent to an activating group) is 1. The van der Waals surface area contributed by atoms with Crippen LogP contribution in [0.3, 0.4) is 0 Å². The first-order valence-electron chi connectivity index (χ1n) is 7.60. The number of hydrogen-bond acceptors (Lipinski definition) is 3. The Labute approximate surface area is 127 Å². The van der Waals surface area contributed by atoms with Crippen LogP contribution in [0.1, 0.15) is 30.3 Å². The van der Waals surface area contributed by atoms with E-state index in [2.05, 4.69) is 22.8 Å². The zero-order valence-corrected chi connectivity index (χ0v) is 13.5. The molecule has 1 amide bonds. The second-order valence-electron chi connectivity index (χ2n) is 6.12. The summed E-state index contributed by atoms with van der Waals surface area (Å²) in [5.41, 5.74) is 2.22. The van der Waals surface area contributed by atoms with Crippen LogP contribution in [0, 0.1) is 13.8 Å². The molecule has 116 valence electrons. The van der Waals surface area contributed by atoms with Gasteiger partial charge in [-0.3, -0.25) is 9.48 Å². The molecule has 0 radical (unpaired) electrons. The van der Waals surface area contributed by atoms with Crippen LogP contribution in [0.2, 0.25) is 0 Å². The highest BCUT2D eigenvalue weighted by atomic mass is 16.2. The molecule has 1 saturated heterocycles. The number of nitrogens with zero attached hydrogens (tertiary/aromatic N) is 4. The smallest absolute Gasteiger partial charge is 0.246 e. The van der Waals surface area contributed by atoms with Gasteiger partial charge in [0.15, 0.2) is 0 Å². The molecule has 1 aromatic heterocycles. The van der Waals surface area contributed by atoms with Crippen LogP contribution in [0.5, 0.6) is 0 Å². The highest BCUT2D eigenvalue weighted by molar-refractivity contribution is 5.87. The summed E-state index contributed by atoms with van der Waals surface area (Å²) in [6.45, 7) is 6.49. The molecule has 21 heavy (non-hydrogen) atoms. The summed E-state index contributed by atoms with van der Waals surface area (Å²) in [6, 6.07) is 2.40. The zero-order chi connectivity index (χ0) is 15.4. The molecule has 0 aliphatic carbocycles. The normalized spacial score (nSPS) is 19.7. The Morgan fingerprint density at radius 3 is 2.86 bits per heavy atom. The van der Waals surface area contributed by atoms with E-state index in [-0.39, 0.29) is 5.91 Å². The van der Waals surface area contributed by atoms with Crippen molar-refractivity contribution in [3.63, 3.8) is 0 Å². The maximum atomic E-state index is 12.2. The summed E-state index contributed by atoms with van der Waals surface area (Å²) in [5.74, 6) is 0.114. The molecule has 0 aromatic carbocycles. The lowest BCUT2D eigenvalue weighted by Gasteiger charge is -2.32. The van der Waals surface area contributed by atoms with Crippen LogP contribution in [0.4, 0.5) is 0 Å². The molecule has 1 aromatic rings. The third-order valence-corrected chi connectivity index (χ3v) is 3.83. The van der Waals surface area contributed by atoms with Crippen molar-refractivity contribution in [1.82, 2.24) is 19.6 Å². The fourth-order valence-electron chi connectivity index (χ4n) is 2.84. The van der Waals surface area contributed by atoms with Gasteiger partial charge in [-0.2, -0.15) is 5.10 Å². The molecule has 0 saturated carbocycles. The van der Waals surface area contributed by atoms with Crippen LogP contribution < -0.4 is 0 Å². The number of likely N-dealkylation sites (tertiary alicyclic amines) is 1. The lowest BCUT2D eigenvalue weighted by atomic mass is 10.1. The van der Waals surface area contributed by atoms with Crippen molar-refractivity contribution in [2.75, 3.05) is 33.7 Å². The molecule has 1 atom stereocenters. The van der Waals surface area contributed by atoms with Crippen LogP contribution in [-0.4, -0.2) is 59.2 Å². The van der Waals surface area contributed by atoms with E-state index in [0.717, 1.165) is 38.2 Å². The Morgan fingerprint density at radius 1 is 1.48 bits per heavy atom. The molecule has 0 N–H and O–H groups in total. The van der Waals surface area contributed by atoms with Crippen molar-refractivity contribution in [1.29, 1.82) is 0 Å². The summed E-state index contributed by atoms with van der Waals surface area (Å²) >= 11 is 0. The second-order valence-corrected chi connectivity index (χ2v) is 6.12. The molecule has 2 rings (SSSR count). The summed E-state index contributed by atoms with van der Waals surface area (Å²) < 4.78 is 2.08. The molecule has 2 heterocycles. The first-order chi connectivity index (χ1) is 9.97. The Kier molecular flexibility index (Phi) is 5.17. The molecule has 1 aliphatic heterocycles. The summed E-state index contributed by atoms with van der Waals surface area (Å²) in [5, 5.41) is 4.57. The molecule has 1 unspecified atom stereocenters. The van der Waals surface area contributed by atoms with Gasteiger partial charge in [0.2, 0.25) is 5.91 Å². The van der Waals surface area contributed by atoms with E-state index in [1.54, 1.807) is 6.08 Å². The Bertz CT molecular complexity index is 518. The number of aryl methyl sites for hydroxylation is 2. The maximum absolute atomic E-state index is 12.2. The lowest BCUT2D eigenvalue weighted by Crippen LogP contribution is -2.40. The Balaban J connectivity index is 1.99. The molecule has 0 spiro atoms. The predicted octanol–water partition coefficient (Wildman–Crippen LogP) is 1.78. The van der Waals surface area contributed by atoms with Crippen molar-refractivity contribution in [2.24, 2.45) is 0 Å². The first-order valence-corrected chi connectivity index (χ1v) is 7.60. The van der Waals surface area contributed by atoms with Crippen LogP contribution >= 0.6 is 0 Å². The minimum Gasteiger partial charge on any atom is -0.337 e. The largest absolute Gasteiger partial charge is 0.337 e. The van der Waals surface area contributed by atoms with Crippen molar-refractivity contribution >= 4 is 5.91 Å². The number of rotatable bonds is 4. The van der Waals surface area contributed by atoms with Gasteiger partial charge in [0.25, 0.3) is 0 Å². The predicted molar refractivity (Wildman–Crippen MR) is 84.2 cm³/mol. The summed E-state index contributed by atoms with van der Waals surface area (Å²) in [7, 11) is 3.99. The van der Waals surface area contributed by atoms with Gasteiger partial charge in [0, 0.05) is 31.4 Å². The quantitative estimate of drug-likeness (QED) is 0.794. The maximum Gasteiger partial charge on any atom is 0.246 e. The van der Waals surface area contributed by atoms with Gasteiger partial charge in [-0.15, -0.1) is 0 Å². The van der Waals surface area contributed by atoms with E-state index in [0.29, 0.717) is 6.04 Å². The third kappa shape index (κ3) is 4.17. The first kappa shape index (κ1) is 15.8. The van der Waals surface area contributed by atoms with Crippen molar-refractivity contribution < 1.29 is 4.79 Å². The van der Waals surface area contributed by atoms with Gasteiger partial charge in [-0.1, -0.05) is 6.08 Å². The molecular weight excluding hydrogens is 264 g/mol. The van der Waals surface area contributed by atoms with Gasteiger partial charge < -0.3 is 9.80 Å². The molecule has 0 bridgehead atoms. The van der Waals surface area contributed by atoms with Gasteiger partial charge >= 0.3 is 0 Å². The van der Waals surface area contributed by atoms with E-state index in [1.165, 1.54) is 5.69 Å². The molecule has 1 fully saturated rings. The van der Waals surface area contributed by atoms with Gasteiger partial charge in [-0.05, 0) is 46.9 Å². The lowest BCUT2D eigenvalue weighted by molar-refractivity contribution is -0.127. The molecule has 5 nitrogen and oxygen atoms in total. The summed E-state index contributed by atoms with van der Waals surface area (Å²) in [6.07, 6.45) is 5.75. The van der Waals surface area contributed by atoms with Gasteiger partial charge in [0.05, 0.1) is 11.7 Å². The second kappa shape index (κ2) is 6.89. The SMILES string of the molecule is Cc1cc(C)n(C2CCCN(C(=O)/C=C/CN(C)C)C2)n1. The summed E-state index contributed by atoms with van der Waals surface area (Å²) in [4.78, 5) is 16.2. The standard InChI is InChI=1S/C16H26N4O/c1-13-11-14(2)20(17-13)15-7-5-10-19(12-15)16(21)8-6-9-18(3)4/h6,8,11,15H,5,7,9-10,12H2,1-4H3/b8-6+. The fourth-order valence-corrected chi connectivity index (χ4v) is 2.84. The van der Waals surface area contributed by atoms with E-state index < -0.39 is 0 Å². The molecule has 5 heteroatoms. The van der Waals surface area contributed by atoms with Crippen molar-refractivity contribution in [2.45, 2.75) is 32.7 Å². The topological polar surface area (TPSA) is 41.4 Å². The van der Waals surface area contributed by atoms with Crippen LogP contribution in [0.25, 0.3) is 0 Å². The van der Waals surface area contributed by atoms with E-state index >= 15 is 0 Å². The minimum absolute atomic E-state index is 0.114. The average molecular weight is 290 g/mol. The highest BCUT2D eigenvalue weighted by Gasteiger charge is 2.25. The number of piperidine rings is 1. The van der Waals surface area contributed by atoms with Crippen molar-refractivity contribution in [3.8, 4) is 0 Å². The van der Waals surface area contributed by atoms with E-state index in [9.17, 15) is 4.79 Å². The van der Waals surface area contributed by atoms with E-state index in [4.69, 9.17) is 0 Å². The highest BCUT2D eigenvalue weighted by Crippen LogP contribution is 2.23. The average Bonchev–Trinajstić information content (AvgIpc) is 2.77. The molecular formula is C16H26N4O. The monoisotopic (exact) mass is 290 g/mol. The number of amides is 1. The number of aromatic nitrogens is 2. The Hall–Kier alpha value is -1.62. The number of hydrogen-bond donors (Lipinski definition) is 0. The molecule has 1 aliphatic rings. The van der Waals surface area contributed by atoms with Crippen molar-refractivity contribution in [3.05, 3.63) is 29.6 Å².